The van der Waals surface area contributed by atoms with Crippen molar-refractivity contribution in [1.29, 1.82) is 0 Å². The number of aromatic nitrogens is 3. The van der Waals surface area contributed by atoms with Crippen molar-refractivity contribution in [3.63, 3.8) is 0 Å². The van der Waals surface area contributed by atoms with Crippen molar-refractivity contribution in [2.24, 2.45) is 0 Å². The SMILES string of the molecule is c1cc2ccc3[nH][te]nc3c2n1. The zero-order valence-electron chi connectivity index (χ0n) is 6.11. The summed E-state index contributed by atoms with van der Waals surface area (Å²) in [7, 11) is 0. The maximum atomic E-state index is 4.46. The summed E-state index contributed by atoms with van der Waals surface area (Å²) in [5.41, 5.74) is 3.27. The first-order chi connectivity index (χ1) is 5.95. The van der Waals surface area contributed by atoms with Gasteiger partial charge in [0, 0.05) is 0 Å². The van der Waals surface area contributed by atoms with Gasteiger partial charge in [0.05, 0.1) is 0 Å². The topological polar surface area (TPSA) is 41.6 Å². The van der Waals surface area contributed by atoms with Crippen molar-refractivity contribution in [2.75, 3.05) is 0 Å². The van der Waals surface area contributed by atoms with E-state index >= 15 is 0 Å². The first kappa shape index (κ1) is 6.64. The Morgan fingerprint density at radius 2 is 2.17 bits per heavy atom. The molecule has 0 unspecified atom stereocenters. The molecule has 0 saturated heterocycles. The van der Waals surface area contributed by atoms with E-state index in [1.165, 1.54) is 5.39 Å². The predicted molar refractivity (Wildman–Crippen MR) is 48.3 cm³/mol. The molecule has 3 nitrogen and oxygen atoms in total. The summed E-state index contributed by atoms with van der Waals surface area (Å²) in [6, 6.07) is 6.19. The van der Waals surface area contributed by atoms with E-state index in [9.17, 15) is 0 Å². The molecule has 0 spiro atoms. The van der Waals surface area contributed by atoms with Crippen LogP contribution in [0.3, 0.4) is 0 Å². The molecule has 3 aromatic rings. The standard InChI is InChI=1S/C8H5N3Te/c1-2-6-8(11-12-10-6)7-5(1)3-4-9-7/h1-4,10H. The Morgan fingerprint density at radius 1 is 1.17 bits per heavy atom. The molecule has 0 atom stereocenters. The Hall–Kier alpha value is -0.850. The molecule has 0 aliphatic heterocycles. The minimum atomic E-state index is -0.370. The van der Waals surface area contributed by atoms with Gasteiger partial charge in [-0.15, -0.1) is 0 Å². The van der Waals surface area contributed by atoms with E-state index in [-0.39, 0.29) is 21.0 Å². The third-order valence-electron chi connectivity index (χ3n) is 1.93. The van der Waals surface area contributed by atoms with Gasteiger partial charge in [0.2, 0.25) is 0 Å². The van der Waals surface area contributed by atoms with Gasteiger partial charge in [-0.1, -0.05) is 0 Å². The Kier molecular flexibility index (Phi) is 1.28. The van der Waals surface area contributed by atoms with Crippen LogP contribution in [0.5, 0.6) is 0 Å². The van der Waals surface area contributed by atoms with E-state index < -0.39 is 0 Å². The van der Waals surface area contributed by atoms with Gasteiger partial charge >= 0.3 is 78.7 Å². The van der Waals surface area contributed by atoms with Crippen molar-refractivity contribution in [3.8, 4) is 0 Å². The molecular weight excluding hydrogens is 266 g/mol. The fourth-order valence-electron chi connectivity index (χ4n) is 1.35. The Bertz CT molecular complexity index is 487. The Morgan fingerprint density at radius 3 is 3.17 bits per heavy atom. The molecule has 0 fully saturated rings. The number of hydrogen-bond acceptors (Lipinski definition) is 2. The minimum absolute atomic E-state index is 0.370. The molecule has 0 saturated carbocycles. The van der Waals surface area contributed by atoms with Crippen LogP contribution in [0.4, 0.5) is 0 Å². The molecule has 0 aliphatic carbocycles. The molecule has 58 valence electrons. The van der Waals surface area contributed by atoms with Crippen LogP contribution < -0.4 is 0 Å². The molecule has 3 rings (SSSR count). The van der Waals surface area contributed by atoms with Crippen LogP contribution in [0.1, 0.15) is 0 Å². The molecule has 0 radical (unpaired) electrons. The van der Waals surface area contributed by atoms with Crippen LogP contribution in [0, 0.1) is 0 Å². The summed E-state index contributed by atoms with van der Waals surface area (Å²) in [6.07, 6.45) is 1.83. The summed E-state index contributed by atoms with van der Waals surface area (Å²) < 4.78 is 7.76. The molecule has 0 bridgehead atoms. The first-order valence-corrected chi connectivity index (χ1v) is 5.83. The summed E-state index contributed by atoms with van der Waals surface area (Å²) in [5, 5.41) is 1.19. The zero-order chi connectivity index (χ0) is 7.97. The summed E-state index contributed by atoms with van der Waals surface area (Å²) in [4.78, 5) is 4.28. The first-order valence-electron chi connectivity index (χ1n) is 3.62. The fraction of sp³-hybridized carbons (Fsp3) is 0. The van der Waals surface area contributed by atoms with E-state index in [0.717, 1.165) is 16.6 Å². The van der Waals surface area contributed by atoms with Crippen molar-refractivity contribution in [2.45, 2.75) is 0 Å². The number of aromatic amines is 1. The third-order valence-corrected chi connectivity index (χ3v) is 3.60. The average molecular weight is 271 g/mol. The Balaban J connectivity index is 2.71. The van der Waals surface area contributed by atoms with Crippen LogP contribution in [-0.4, -0.2) is 32.4 Å². The van der Waals surface area contributed by atoms with Crippen LogP contribution in [0.25, 0.3) is 21.9 Å². The number of fused-ring (bicyclic) bond motifs is 3. The third kappa shape index (κ3) is 0.767. The van der Waals surface area contributed by atoms with Crippen molar-refractivity contribution in [3.05, 3.63) is 24.4 Å². The molecule has 0 aliphatic rings. The van der Waals surface area contributed by atoms with E-state index in [2.05, 4.69) is 23.5 Å². The second-order valence-electron chi connectivity index (χ2n) is 2.63. The predicted octanol–water partition coefficient (Wildman–Crippen LogP) is 1.17. The number of rotatable bonds is 0. The van der Waals surface area contributed by atoms with E-state index in [1.54, 1.807) is 0 Å². The average Bonchev–Trinajstić information content (AvgIpc) is 2.71. The fourth-order valence-corrected chi connectivity index (χ4v) is 3.02. The number of nitrogens with zero attached hydrogens (tertiary/aromatic N) is 2. The Labute approximate surface area is 78.8 Å². The van der Waals surface area contributed by atoms with Crippen molar-refractivity contribution >= 4 is 42.9 Å². The number of benzene rings is 1. The summed E-state index contributed by atoms with van der Waals surface area (Å²) in [5.74, 6) is 0. The zero-order valence-corrected chi connectivity index (χ0v) is 8.44. The van der Waals surface area contributed by atoms with Gasteiger partial charge in [0.15, 0.2) is 0 Å². The van der Waals surface area contributed by atoms with Gasteiger partial charge in [-0.3, -0.25) is 0 Å². The van der Waals surface area contributed by atoms with Gasteiger partial charge in [0.1, 0.15) is 0 Å². The van der Waals surface area contributed by atoms with Crippen LogP contribution in [-0.2, 0) is 0 Å². The van der Waals surface area contributed by atoms with Crippen LogP contribution in [0.15, 0.2) is 24.4 Å². The molecule has 2 aromatic heterocycles. The van der Waals surface area contributed by atoms with Crippen LogP contribution in [0.2, 0.25) is 0 Å². The molecule has 12 heavy (non-hydrogen) atoms. The van der Waals surface area contributed by atoms with Gasteiger partial charge in [-0.2, -0.15) is 0 Å². The van der Waals surface area contributed by atoms with Gasteiger partial charge in [-0.25, -0.2) is 0 Å². The van der Waals surface area contributed by atoms with E-state index in [1.807, 2.05) is 12.3 Å². The molecular formula is C8H5N3Te. The molecule has 1 N–H and O–H groups in total. The van der Waals surface area contributed by atoms with Crippen LogP contribution >= 0.6 is 0 Å². The summed E-state index contributed by atoms with van der Waals surface area (Å²) >= 11 is -0.370. The van der Waals surface area contributed by atoms with Gasteiger partial charge in [-0.05, 0) is 0 Å². The normalized spacial score (nSPS) is 11.3. The quantitative estimate of drug-likeness (QED) is 0.623. The maximum absolute atomic E-state index is 4.46. The van der Waals surface area contributed by atoms with Gasteiger partial charge in [0.25, 0.3) is 0 Å². The molecule has 1 aromatic carbocycles. The van der Waals surface area contributed by atoms with E-state index in [4.69, 9.17) is 0 Å². The second kappa shape index (κ2) is 2.32. The monoisotopic (exact) mass is 273 g/mol. The van der Waals surface area contributed by atoms with E-state index in [0.29, 0.717) is 0 Å². The van der Waals surface area contributed by atoms with Crippen molar-refractivity contribution in [1.82, 2.24) is 11.4 Å². The summed E-state index contributed by atoms with van der Waals surface area (Å²) in [6.45, 7) is 0. The number of H-pyrrole nitrogens is 1. The molecule has 4 heteroatoms. The number of nitrogens with one attached hydrogen (secondary N) is 1. The number of hydrogen-bond donors (Lipinski definition) is 1. The van der Waals surface area contributed by atoms with Crippen molar-refractivity contribution < 1.29 is 0 Å². The van der Waals surface area contributed by atoms with Gasteiger partial charge < -0.3 is 0 Å². The second-order valence-corrected chi connectivity index (χ2v) is 4.25. The molecule has 2 heterocycles. The molecule has 0 amide bonds.